The third kappa shape index (κ3) is 14.5. The van der Waals surface area contributed by atoms with Crippen molar-refractivity contribution in [1.29, 1.82) is 0 Å². The van der Waals surface area contributed by atoms with Crippen LogP contribution in [0.5, 0.6) is 0 Å². The van der Waals surface area contributed by atoms with Gasteiger partial charge in [0.2, 0.25) is 0 Å². The molecule has 0 saturated heterocycles. The fourth-order valence-corrected chi connectivity index (χ4v) is 2.13. The van der Waals surface area contributed by atoms with Gasteiger partial charge in [-0.25, -0.2) is 0 Å². The maximum Gasteiger partial charge on any atom is 0.870 e. The molecule has 0 aliphatic heterocycles. The van der Waals surface area contributed by atoms with E-state index in [1.807, 2.05) is 20.8 Å². The monoisotopic (exact) mass is 356 g/mol. The summed E-state index contributed by atoms with van der Waals surface area (Å²) >= 11 is 0. The average molecular weight is 356 g/mol. The van der Waals surface area contributed by atoms with E-state index < -0.39 is 25.2 Å². The summed E-state index contributed by atoms with van der Waals surface area (Å²) in [4.78, 5) is 35.4. The molecule has 0 radical (unpaired) electrons. The molecule has 0 N–H and O–H groups in total. The number of hydrogen-bond donors (Lipinski definition) is 0. The van der Waals surface area contributed by atoms with Crippen LogP contribution in [0, 0.1) is 0 Å². The second-order valence-corrected chi connectivity index (χ2v) is 6.13. The van der Waals surface area contributed by atoms with E-state index in [0.29, 0.717) is 19.3 Å². The quantitative estimate of drug-likeness (QED) is 0.321. The first-order valence-electron chi connectivity index (χ1n) is 9.61. The molecule has 0 aromatic heterocycles. The van der Waals surface area contributed by atoms with Crippen LogP contribution in [0.3, 0.4) is 0 Å². The maximum absolute atomic E-state index is 11.8. The Kier molecular flexibility index (Phi) is 15.0. The second kappa shape index (κ2) is 16.0. The molecule has 0 atom stereocenters. The number of carbonyl (C=O) groups excluding carboxylic acids is 3. The Labute approximate surface area is 152 Å². The summed E-state index contributed by atoms with van der Waals surface area (Å²) in [5.41, 5.74) is 0. The fraction of sp³-hybridized carbons (Fsp3) is 0.833. The molecule has 7 heteroatoms. The standard InChI is InChI=1S/C18H33BO6/c1-4-7-10-13-16(20)23-19(24-17(21)14-11-8-5-2)25-18(22)15-12-9-6-3/h4-15H2,1-3H3. The molecular weight excluding hydrogens is 323 g/mol. The Balaban J connectivity index is 4.44. The van der Waals surface area contributed by atoms with Crippen LogP contribution in [0.2, 0.25) is 0 Å². The van der Waals surface area contributed by atoms with E-state index >= 15 is 0 Å². The van der Waals surface area contributed by atoms with Gasteiger partial charge in [0.05, 0.1) is 0 Å². The number of carbonyl (C=O) groups is 3. The Morgan fingerprint density at radius 1 is 0.560 bits per heavy atom. The van der Waals surface area contributed by atoms with Gasteiger partial charge in [-0.2, -0.15) is 0 Å². The van der Waals surface area contributed by atoms with Crippen molar-refractivity contribution in [1.82, 2.24) is 0 Å². The number of hydrogen-bond acceptors (Lipinski definition) is 6. The highest BCUT2D eigenvalue weighted by molar-refractivity contribution is 6.44. The highest BCUT2D eigenvalue weighted by atomic mass is 16.8. The van der Waals surface area contributed by atoms with Crippen LogP contribution in [-0.2, 0) is 28.3 Å². The van der Waals surface area contributed by atoms with Crippen LogP contribution in [0.15, 0.2) is 0 Å². The van der Waals surface area contributed by atoms with Gasteiger partial charge in [-0.3, -0.25) is 14.4 Å². The van der Waals surface area contributed by atoms with Crippen molar-refractivity contribution >= 4 is 25.2 Å². The molecule has 0 aliphatic carbocycles. The topological polar surface area (TPSA) is 78.9 Å². The summed E-state index contributed by atoms with van der Waals surface area (Å²) in [5.74, 6) is -1.58. The minimum Gasteiger partial charge on any atom is -0.462 e. The number of unbranched alkanes of at least 4 members (excludes halogenated alkanes) is 6. The second-order valence-electron chi connectivity index (χ2n) is 6.13. The normalized spacial score (nSPS) is 10.2. The Morgan fingerprint density at radius 2 is 0.840 bits per heavy atom. The molecule has 0 rings (SSSR count). The molecule has 6 nitrogen and oxygen atoms in total. The Morgan fingerprint density at radius 3 is 1.08 bits per heavy atom. The van der Waals surface area contributed by atoms with Crippen LogP contribution in [-0.4, -0.2) is 25.2 Å². The van der Waals surface area contributed by atoms with Crippen molar-refractivity contribution in [3.05, 3.63) is 0 Å². The van der Waals surface area contributed by atoms with Crippen molar-refractivity contribution in [2.75, 3.05) is 0 Å². The van der Waals surface area contributed by atoms with E-state index in [-0.39, 0.29) is 19.3 Å². The minimum atomic E-state index is -1.57. The van der Waals surface area contributed by atoms with Gasteiger partial charge in [0.25, 0.3) is 17.9 Å². The molecule has 25 heavy (non-hydrogen) atoms. The van der Waals surface area contributed by atoms with E-state index in [0.717, 1.165) is 38.5 Å². The molecule has 0 saturated carbocycles. The highest BCUT2D eigenvalue weighted by Gasteiger charge is 2.35. The third-order valence-corrected chi connectivity index (χ3v) is 3.64. The lowest BCUT2D eigenvalue weighted by Crippen LogP contribution is -2.34. The van der Waals surface area contributed by atoms with Gasteiger partial charge in [0.1, 0.15) is 0 Å². The van der Waals surface area contributed by atoms with Crippen LogP contribution in [0.4, 0.5) is 0 Å². The van der Waals surface area contributed by atoms with Crippen LogP contribution in [0.25, 0.3) is 0 Å². The van der Waals surface area contributed by atoms with E-state index in [9.17, 15) is 14.4 Å². The zero-order valence-electron chi connectivity index (χ0n) is 16.0. The summed E-state index contributed by atoms with van der Waals surface area (Å²) in [6.45, 7) is 6.10. The molecule has 0 heterocycles. The molecular formula is C18H33BO6. The molecule has 0 amide bonds. The van der Waals surface area contributed by atoms with Crippen molar-refractivity contribution in [3.63, 3.8) is 0 Å². The first kappa shape index (κ1) is 23.5. The zero-order chi connectivity index (χ0) is 18.9. The SMILES string of the molecule is CCCCCC(=O)OB(OC(=O)CCCCC)OC(=O)CCCCC. The lowest BCUT2D eigenvalue weighted by atomic mass is 10.1. The van der Waals surface area contributed by atoms with E-state index in [1.165, 1.54) is 0 Å². The van der Waals surface area contributed by atoms with Crippen LogP contribution in [0.1, 0.15) is 97.8 Å². The van der Waals surface area contributed by atoms with E-state index in [1.54, 1.807) is 0 Å². The number of rotatable bonds is 15. The van der Waals surface area contributed by atoms with Crippen molar-refractivity contribution in [2.24, 2.45) is 0 Å². The lowest BCUT2D eigenvalue weighted by molar-refractivity contribution is -0.148. The fourth-order valence-electron chi connectivity index (χ4n) is 2.13. The van der Waals surface area contributed by atoms with Gasteiger partial charge in [0.15, 0.2) is 0 Å². The summed E-state index contributed by atoms with van der Waals surface area (Å²) in [6, 6.07) is 0. The molecule has 0 aromatic rings. The van der Waals surface area contributed by atoms with Crippen molar-refractivity contribution in [2.45, 2.75) is 97.8 Å². The highest BCUT2D eigenvalue weighted by Crippen LogP contribution is 2.08. The molecule has 0 bridgehead atoms. The first-order valence-corrected chi connectivity index (χ1v) is 9.61. The van der Waals surface area contributed by atoms with Gasteiger partial charge in [-0.05, 0) is 19.3 Å². The average Bonchev–Trinajstić information content (AvgIpc) is 2.55. The smallest absolute Gasteiger partial charge is 0.462 e. The summed E-state index contributed by atoms with van der Waals surface area (Å²) < 4.78 is 15.1. The third-order valence-electron chi connectivity index (χ3n) is 3.64. The molecule has 0 fully saturated rings. The van der Waals surface area contributed by atoms with Gasteiger partial charge < -0.3 is 14.0 Å². The molecule has 0 unspecified atom stereocenters. The van der Waals surface area contributed by atoms with Crippen molar-refractivity contribution in [3.8, 4) is 0 Å². The van der Waals surface area contributed by atoms with Gasteiger partial charge >= 0.3 is 7.32 Å². The van der Waals surface area contributed by atoms with Gasteiger partial charge in [-0.1, -0.05) is 59.3 Å². The summed E-state index contributed by atoms with van der Waals surface area (Å²) in [7, 11) is -1.57. The van der Waals surface area contributed by atoms with Gasteiger partial charge in [-0.15, -0.1) is 0 Å². The Hall–Kier alpha value is -1.53. The largest absolute Gasteiger partial charge is 0.870 e. The van der Waals surface area contributed by atoms with Crippen LogP contribution < -0.4 is 0 Å². The van der Waals surface area contributed by atoms with E-state index in [4.69, 9.17) is 14.0 Å². The molecule has 0 aliphatic rings. The Bertz CT molecular complexity index is 329. The van der Waals surface area contributed by atoms with E-state index in [2.05, 4.69) is 0 Å². The predicted molar refractivity (Wildman–Crippen MR) is 96.5 cm³/mol. The minimum absolute atomic E-state index is 0.213. The molecule has 144 valence electrons. The lowest BCUT2D eigenvalue weighted by Gasteiger charge is -2.13. The zero-order valence-corrected chi connectivity index (χ0v) is 16.0. The summed E-state index contributed by atoms with van der Waals surface area (Å²) in [6.07, 6.45) is 8.39. The summed E-state index contributed by atoms with van der Waals surface area (Å²) in [5, 5.41) is 0. The predicted octanol–water partition coefficient (Wildman–Crippen LogP) is 4.34. The van der Waals surface area contributed by atoms with Gasteiger partial charge in [0, 0.05) is 19.3 Å². The molecule has 0 spiro atoms. The molecule has 0 aromatic carbocycles. The first-order chi connectivity index (χ1) is 12.0. The van der Waals surface area contributed by atoms with Crippen LogP contribution >= 0.6 is 0 Å². The maximum atomic E-state index is 11.8. The van der Waals surface area contributed by atoms with Crippen molar-refractivity contribution < 1.29 is 28.3 Å².